The summed E-state index contributed by atoms with van der Waals surface area (Å²) in [4.78, 5) is 1.29. The van der Waals surface area contributed by atoms with Gasteiger partial charge in [0, 0.05) is 4.90 Å². The normalized spacial score (nSPS) is 9.78. The van der Waals surface area contributed by atoms with Crippen LogP contribution in [0.25, 0.3) is 0 Å². The van der Waals surface area contributed by atoms with E-state index < -0.39 is 0 Å². The second-order valence-electron chi connectivity index (χ2n) is 4.69. The molecule has 0 aliphatic rings. The molecule has 3 heteroatoms. The Morgan fingerprint density at radius 3 is 2.39 bits per heavy atom. The van der Waals surface area contributed by atoms with Crippen molar-refractivity contribution >= 4 is 11.8 Å². The SMILES string of the molecule is C=CN/C=C(\C)CC.CC.CCCOc1ccc(SC)cc1C. The Morgan fingerprint density at radius 1 is 1.30 bits per heavy atom. The number of hydrogen-bond donors (Lipinski definition) is 1. The van der Waals surface area contributed by atoms with Gasteiger partial charge in [0.1, 0.15) is 5.75 Å². The number of benzene rings is 1. The van der Waals surface area contributed by atoms with Gasteiger partial charge in [0.15, 0.2) is 0 Å². The van der Waals surface area contributed by atoms with E-state index in [1.807, 2.05) is 20.0 Å². The third-order valence-corrected chi connectivity index (χ3v) is 3.57. The van der Waals surface area contributed by atoms with Crippen molar-refractivity contribution in [1.29, 1.82) is 0 Å². The maximum atomic E-state index is 5.58. The molecule has 23 heavy (non-hydrogen) atoms. The lowest BCUT2D eigenvalue weighted by atomic mass is 10.2. The smallest absolute Gasteiger partial charge is 0.122 e. The van der Waals surface area contributed by atoms with Crippen LogP contribution in [0, 0.1) is 6.92 Å². The van der Waals surface area contributed by atoms with Crippen molar-refractivity contribution in [3.8, 4) is 5.75 Å². The van der Waals surface area contributed by atoms with Crippen molar-refractivity contribution in [2.75, 3.05) is 12.9 Å². The van der Waals surface area contributed by atoms with Crippen LogP contribution < -0.4 is 10.1 Å². The van der Waals surface area contributed by atoms with Gasteiger partial charge in [-0.05, 0) is 69.1 Å². The van der Waals surface area contributed by atoms with Crippen LogP contribution in [0.5, 0.6) is 5.75 Å². The lowest BCUT2D eigenvalue weighted by Crippen LogP contribution is -1.96. The van der Waals surface area contributed by atoms with Gasteiger partial charge < -0.3 is 10.1 Å². The van der Waals surface area contributed by atoms with Crippen LogP contribution in [-0.2, 0) is 0 Å². The lowest BCUT2D eigenvalue weighted by molar-refractivity contribution is 0.315. The van der Waals surface area contributed by atoms with Gasteiger partial charge in [-0.15, -0.1) is 11.8 Å². The fourth-order valence-electron chi connectivity index (χ4n) is 1.43. The van der Waals surface area contributed by atoms with E-state index in [9.17, 15) is 0 Å². The molecule has 1 aromatic rings. The molecule has 1 rings (SSSR count). The number of ether oxygens (including phenoxy) is 1. The molecule has 0 atom stereocenters. The highest BCUT2D eigenvalue weighted by Crippen LogP contribution is 2.23. The number of hydrogen-bond acceptors (Lipinski definition) is 3. The summed E-state index contributed by atoms with van der Waals surface area (Å²) >= 11 is 1.76. The van der Waals surface area contributed by atoms with Crippen LogP contribution in [0.1, 0.15) is 53.0 Å². The van der Waals surface area contributed by atoms with Crippen molar-refractivity contribution in [2.24, 2.45) is 0 Å². The summed E-state index contributed by atoms with van der Waals surface area (Å²) in [5.41, 5.74) is 2.56. The molecular formula is C20H35NOS. The molecule has 1 N–H and O–H groups in total. The first kappa shape index (κ1) is 23.9. The third kappa shape index (κ3) is 12.8. The molecule has 0 saturated heterocycles. The van der Waals surface area contributed by atoms with Crippen molar-refractivity contribution < 1.29 is 4.74 Å². The zero-order chi connectivity index (χ0) is 18.1. The summed E-state index contributed by atoms with van der Waals surface area (Å²) < 4.78 is 5.58. The van der Waals surface area contributed by atoms with Gasteiger partial charge in [0.25, 0.3) is 0 Å². The minimum atomic E-state index is 0.805. The zero-order valence-corrected chi connectivity index (χ0v) is 16.8. The number of allylic oxidation sites excluding steroid dienone is 1. The van der Waals surface area contributed by atoms with E-state index >= 15 is 0 Å². The van der Waals surface area contributed by atoms with Gasteiger partial charge in [-0.3, -0.25) is 0 Å². The van der Waals surface area contributed by atoms with E-state index in [4.69, 9.17) is 4.74 Å². The summed E-state index contributed by atoms with van der Waals surface area (Å²) in [6.07, 6.45) is 7.86. The Balaban J connectivity index is 0. The minimum absolute atomic E-state index is 0.805. The Bertz CT molecular complexity index is 441. The Labute approximate surface area is 148 Å². The highest BCUT2D eigenvalue weighted by Gasteiger charge is 1.99. The van der Waals surface area contributed by atoms with Gasteiger partial charge >= 0.3 is 0 Å². The molecule has 1 aromatic carbocycles. The molecule has 0 aromatic heterocycles. The fraction of sp³-hybridized carbons (Fsp3) is 0.500. The molecular weight excluding hydrogens is 302 g/mol. The van der Waals surface area contributed by atoms with E-state index in [-0.39, 0.29) is 0 Å². The van der Waals surface area contributed by atoms with Crippen molar-refractivity contribution in [1.82, 2.24) is 5.32 Å². The average molecular weight is 338 g/mol. The second-order valence-corrected chi connectivity index (χ2v) is 5.57. The van der Waals surface area contributed by atoms with Crippen LogP contribution in [0.2, 0.25) is 0 Å². The molecule has 0 aliphatic heterocycles. The van der Waals surface area contributed by atoms with E-state index in [0.717, 1.165) is 25.2 Å². The number of thioether (sulfide) groups is 1. The van der Waals surface area contributed by atoms with Crippen LogP contribution in [0.3, 0.4) is 0 Å². The first-order chi connectivity index (χ1) is 11.1. The molecule has 0 saturated carbocycles. The highest BCUT2D eigenvalue weighted by molar-refractivity contribution is 7.98. The molecule has 0 aliphatic carbocycles. The van der Waals surface area contributed by atoms with E-state index in [1.54, 1.807) is 18.0 Å². The zero-order valence-electron chi connectivity index (χ0n) is 16.0. The summed E-state index contributed by atoms with van der Waals surface area (Å²) in [5.74, 6) is 1.01. The predicted octanol–water partition coefficient (Wildman–Crippen LogP) is 6.57. The van der Waals surface area contributed by atoms with Crippen molar-refractivity contribution in [2.45, 2.75) is 59.3 Å². The van der Waals surface area contributed by atoms with Crippen LogP contribution in [-0.4, -0.2) is 12.9 Å². The minimum Gasteiger partial charge on any atom is -0.493 e. The topological polar surface area (TPSA) is 21.3 Å². The van der Waals surface area contributed by atoms with Crippen molar-refractivity contribution in [3.05, 3.63) is 48.3 Å². The summed E-state index contributed by atoms with van der Waals surface area (Å²) in [6.45, 7) is 16.7. The summed E-state index contributed by atoms with van der Waals surface area (Å²) in [5, 5.41) is 2.90. The Kier molecular flexibility index (Phi) is 17.7. The standard InChI is InChI=1S/C11H16OS.C7H13N.C2H6/c1-4-7-12-11-6-5-10(13-3)8-9(11)2;1-4-7(3)6-8-5-2;1-2/h5-6,8H,4,7H2,1-3H3;5-6,8H,2,4H2,1,3H3;1-2H3/b;7-6+;. The maximum absolute atomic E-state index is 5.58. The van der Waals surface area contributed by atoms with E-state index in [1.165, 1.54) is 16.0 Å². The molecule has 0 radical (unpaired) electrons. The van der Waals surface area contributed by atoms with Crippen LogP contribution in [0.4, 0.5) is 0 Å². The van der Waals surface area contributed by atoms with Gasteiger partial charge in [-0.25, -0.2) is 0 Å². The monoisotopic (exact) mass is 337 g/mol. The van der Waals surface area contributed by atoms with Gasteiger partial charge in [0.05, 0.1) is 6.61 Å². The second kappa shape index (κ2) is 17.0. The van der Waals surface area contributed by atoms with Crippen LogP contribution >= 0.6 is 11.8 Å². The molecule has 0 amide bonds. The number of aryl methyl sites for hydroxylation is 1. The van der Waals surface area contributed by atoms with E-state index in [2.05, 4.69) is 64.0 Å². The largest absolute Gasteiger partial charge is 0.493 e. The predicted molar refractivity (Wildman–Crippen MR) is 107 cm³/mol. The number of rotatable bonds is 7. The quantitative estimate of drug-likeness (QED) is 0.569. The molecule has 0 heterocycles. The molecule has 0 fully saturated rings. The summed E-state index contributed by atoms with van der Waals surface area (Å²) in [6, 6.07) is 6.31. The molecule has 0 unspecified atom stereocenters. The third-order valence-electron chi connectivity index (χ3n) is 2.85. The highest BCUT2D eigenvalue weighted by atomic mass is 32.2. The molecule has 0 bridgehead atoms. The fourth-order valence-corrected chi connectivity index (χ4v) is 1.92. The Hall–Kier alpha value is -1.35. The summed E-state index contributed by atoms with van der Waals surface area (Å²) in [7, 11) is 0. The Morgan fingerprint density at radius 2 is 1.96 bits per heavy atom. The molecule has 132 valence electrons. The van der Waals surface area contributed by atoms with Crippen molar-refractivity contribution in [3.63, 3.8) is 0 Å². The van der Waals surface area contributed by atoms with Crippen LogP contribution in [0.15, 0.2) is 47.6 Å². The maximum Gasteiger partial charge on any atom is 0.122 e. The first-order valence-electron chi connectivity index (χ1n) is 8.39. The molecule has 0 spiro atoms. The van der Waals surface area contributed by atoms with Gasteiger partial charge in [-0.2, -0.15) is 0 Å². The van der Waals surface area contributed by atoms with Gasteiger partial charge in [0.2, 0.25) is 0 Å². The van der Waals surface area contributed by atoms with E-state index in [0.29, 0.717) is 0 Å². The number of nitrogens with one attached hydrogen (secondary N) is 1. The van der Waals surface area contributed by atoms with Gasteiger partial charge in [-0.1, -0.05) is 39.8 Å². The lowest BCUT2D eigenvalue weighted by Gasteiger charge is -2.08. The first-order valence-corrected chi connectivity index (χ1v) is 9.61. The average Bonchev–Trinajstić information content (AvgIpc) is 2.60. The molecule has 2 nitrogen and oxygen atoms in total.